The largest absolute Gasteiger partial charge is 0.460 e. The number of cyclic esters (lactones) is 1. The Labute approximate surface area is 182 Å². The molecule has 7 heteroatoms. The van der Waals surface area contributed by atoms with Crippen LogP contribution in [0.5, 0.6) is 0 Å². The molecule has 0 saturated carbocycles. The summed E-state index contributed by atoms with van der Waals surface area (Å²) in [6, 6.07) is 7.18. The van der Waals surface area contributed by atoms with Crippen molar-refractivity contribution in [1.82, 2.24) is 10.2 Å². The van der Waals surface area contributed by atoms with E-state index < -0.39 is 5.92 Å². The molecule has 0 spiro atoms. The standard InChI is InChI=1S/C23H29ClN2O4/c1-16-20-7-5-13-26(20)23(29)18(6-3-2-4-8-22(28)30-16)14-21(27)25-15-17-9-11-19(24)12-10-17/h2-3,9-12,16,18,20H,4-8,13-15H2,1H3,(H,25,27)/b3-2+/t16-,18-,20-/m0/s1. The highest BCUT2D eigenvalue weighted by atomic mass is 35.5. The second-order valence-corrected chi connectivity index (χ2v) is 8.42. The van der Waals surface area contributed by atoms with Gasteiger partial charge in [0.2, 0.25) is 11.8 Å². The molecule has 0 radical (unpaired) electrons. The minimum Gasteiger partial charge on any atom is -0.460 e. The number of benzene rings is 1. The van der Waals surface area contributed by atoms with Crippen molar-refractivity contribution in [2.75, 3.05) is 6.54 Å². The molecule has 0 unspecified atom stereocenters. The van der Waals surface area contributed by atoms with Gasteiger partial charge in [-0.15, -0.1) is 0 Å². The number of carbonyl (C=O) groups is 3. The van der Waals surface area contributed by atoms with E-state index in [1.54, 1.807) is 12.1 Å². The van der Waals surface area contributed by atoms with Crippen LogP contribution in [0.3, 0.4) is 0 Å². The second kappa shape index (κ2) is 10.6. The van der Waals surface area contributed by atoms with Crippen LogP contribution in [0.2, 0.25) is 5.02 Å². The fraction of sp³-hybridized carbons (Fsp3) is 0.522. The SMILES string of the molecule is C[C@@H]1OC(=O)CC/C=C/C[C@@H](CC(=O)NCc2ccc(Cl)cc2)C(=O)N2CCC[C@@H]12. The summed E-state index contributed by atoms with van der Waals surface area (Å²) in [7, 11) is 0. The van der Waals surface area contributed by atoms with Gasteiger partial charge < -0.3 is 15.0 Å². The summed E-state index contributed by atoms with van der Waals surface area (Å²) < 4.78 is 5.54. The van der Waals surface area contributed by atoms with E-state index in [9.17, 15) is 14.4 Å². The maximum atomic E-state index is 13.3. The van der Waals surface area contributed by atoms with E-state index in [1.165, 1.54) is 0 Å². The van der Waals surface area contributed by atoms with Crippen molar-refractivity contribution in [2.45, 2.75) is 64.1 Å². The van der Waals surface area contributed by atoms with Crippen molar-refractivity contribution in [3.63, 3.8) is 0 Å². The lowest BCUT2D eigenvalue weighted by Crippen LogP contribution is -2.46. The number of nitrogens with zero attached hydrogens (tertiary/aromatic N) is 1. The Hall–Kier alpha value is -2.34. The van der Waals surface area contributed by atoms with Gasteiger partial charge in [0.1, 0.15) is 6.10 Å². The lowest BCUT2D eigenvalue weighted by molar-refractivity contribution is -0.154. The topological polar surface area (TPSA) is 75.7 Å². The molecule has 2 aliphatic heterocycles. The van der Waals surface area contributed by atoms with Crippen molar-refractivity contribution in [2.24, 2.45) is 5.92 Å². The summed E-state index contributed by atoms with van der Waals surface area (Å²) >= 11 is 5.89. The van der Waals surface area contributed by atoms with Gasteiger partial charge in [-0.05, 0) is 50.3 Å². The quantitative estimate of drug-likeness (QED) is 0.582. The van der Waals surface area contributed by atoms with Crippen molar-refractivity contribution in [3.8, 4) is 0 Å². The van der Waals surface area contributed by atoms with Crippen molar-refractivity contribution >= 4 is 29.4 Å². The first-order chi connectivity index (χ1) is 14.4. The van der Waals surface area contributed by atoms with E-state index in [0.717, 1.165) is 18.4 Å². The van der Waals surface area contributed by atoms with E-state index in [4.69, 9.17) is 16.3 Å². The van der Waals surface area contributed by atoms with E-state index in [1.807, 2.05) is 36.1 Å². The predicted molar refractivity (Wildman–Crippen MR) is 115 cm³/mol. The Balaban J connectivity index is 1.66. The highest BCUT2D eigenvalue weighted by Crippen LogP contribution is 2.27. The molecule has 1 fully saturated rings. The number of hydrogen-bond donors (Lipinski definition) is 1. The molecule has 0 bridgehead atoms. The lowest BCUT2D eigenvalue weighted by Gasteiger charge is -2.32. The molecule has 1 aromatic rings. The van der Waals surface area contributed by atoms with Crippen LogP contribution in [0, 0.1) is 5.92 Å². The van der Waals surface area contributed by atoms with Gasteiger partial charge in [-0.1, -0.05) is 35.9 Å². The number of fused-ring (bicyclic) bond motifs is 1. The highest BCUT2D eigenvalue weighted by Gasteiger charge is 2.37. The molecule has 0 aliphatic carbocycles. The van der Waals surface area contributed by atoms with Gasteiger partial charge in [0.25, 0.3) is 0 Å². The van der Waals surface area contributed by atoms with Crippen LogP contribution in [0.25, 0.3) is 0 Å². The Morgan fingerprint density at radius 1 is 1.23 bits per heavy atom. The zero-order chi connectivity index (χ0) is 21.5. The molecule has 0 aromatic heterocycles. The van der Waals surface area contributed by atoms with Gasteiger partial charge in [0, 0.05) is 31.0 Å². The molecule has 1 N–H and O–H groups in total. The van der Waals surface area contributed by atoms with E-state index in [2.05, 4.69) is 5.32 Å². The van der Waals surface area contributed by atoms with Gasteiger partial charge in [0.05, 0.1) is 12.0 Å². The number of halogens is 1. The number of hydrogen-bond acceptors (Lipinski definition) is 4. The number of amides is 2. The van der Waals surface area contributed by atoms with Crippen LogP contribution in [0.15, 0.2) is 36.4 Å². The third kappa shape index (κ3) is 6.08. The predicted octanol–water partition coefficient (Wildman–Crippen LogP) is 3.63. The summed E-state index contributed by atoms with van der Waals surface area (Å²) in [6.45, 7) is 2.88. The van der Waals surface area contributed by atoms with Crippen molar-refractivity contribution in [3.05, 3.63) is 47.0 Å². The third-order valence-corrected chi connectivity index (χ3v) is 5.98. The summed E-state index contributed by atoms with van der Waals surface area (Å²) in [5.41, 5.74) is 0.952. The first kappa shape index (κ1) is 22.3. The smallest absolute Gasteiger partial charge is 0.306 e. The van der Waals surface area contributed by atoms with E-state index in [-0.39, 0.29) is 36.4 Å². The van der Waals surface area contributed by atoms with Gasteiger partial charge >= 0.3 is 5.97 Å². The number of rotatable bonds is 4. The molecule has 1 aromatic carbocycles. The molecular weight excluding hydrogens is 404 g/mol. The van der Waals surface area contributed by atoms with Crippen LogP contribution in [-0.2, 0) is 25.7 Å². The maximum absolute atomic E-state index is 13.3. The molecule has 3 atom stereocenters. The average Bonchev–Trinajstić information content (AvgIpc) is 3.21. The number of ether oxygens (including phenoxy) is 1. The van der Waals surface area contributed by atoms with Crippen LogP contribution < -0.4 is 5.32 Å². The molecule has 6 nitrogen and oxygen atoms in total. The molecule has 1 saturated heterocycles. The van der Waals surface area contributed by atoms with Gasteiger partial charge in [-0.3, -0.25) is 14.4 Å². The normalized spacial score (nSPS) is 26.2. The van der Waals surface area contributed by atoms with Crippen molar-refractivity contribution < 1.29 is 19.1 Å². The maximum Gasteiger partial charge on any atom is 0.306 e. The Bertz CT molecular complexity index is 793. The van der Waals surface area contributed by atoms with Crippen LogP contribution in [-0.4, -0.2) is 41.4 Å². The number of allylic oxidation sites excluding steroid dienone is 2. The zero-order valence-corrected chi connectivity index (χ0v) is 18.1. The molecule has 162 valence electrons. The molecule has 30 heavy (non-hydrogen) atoms. The second-order valence-electron chi connectivity index (χ2n) is 7.99. The number of esters is 1. The lowest BCUT2D eigenvalue weighted by atomic mass is 9.97. The van der Waals surface area contributed by atoms with Gasteiger partial charge in [-0.2, -0.15) is 0 Å². The number of nitrogens with one attached hydrogen (secondary N) is 1. The zero-order valence-electron chi connectivity index (χ0n) is 17.3. The molecule has 2 heterocycles. The fourth-order valence-corrected chi connectivity index (χ4v) is 4.21. The molecule has 2 amide bonds. The third-order valence-electron chi connectivity index (χ3n) is 5.73. The van der Waals surface area contributed by atoms with E-state index in [0.29, 0.717) is 37.4 Å². The Morgan fingerprint density at radius 2 is 2.00 bits per heavy atom. The molecule has 3 rings (SSSR count). The molecule has 2 aliphatic rings. The summed E-state index contributed by atoms with van der Waals surface area (Å²) in [6.07, 6.45) is 6.66. The summed E-state index contributed by atoms with van der Waals surface area (Å²) in [5.74, 6) is -0.842. The summed E-state index contributed by atoms with van der Waals surface area (Å²) in [5, 5.41) is 3.55. The van der Waals surface area contributed by atoms with Crippen LogP contribution >= 0.6 is 11.6 Å². The van der Waals surface area contributed by atoms with Gasteiger partial charge in [-0.25, -0.2) is 0 Å². The average molecular weight is 433 g/mol. The highest BCUT2D eigenvalue weighted by molar-refractivity contribution is 6.30. The Morgan fingerprint density at radius 3 is 2.77 bits per heavy atom. The minimum atomic E-state index is -0.422. The van der Waals surface area contributed by atoms with Crippen LogP contribution in [0.1, 0.15) is 51.0 Å². The van der Waals surface area contributed by atoms with Crippen LogP contribution in [0.4, 0.5) is 0 Å². The summed E-state index contributed by atoms with van der Waals surface area (Å²) in [4.78, 5) is 39.6. The van der Waals surface area contributed by atoms with Crippen molar-refractivity contribution in [1.29, 1.82) is 0 Å². The first-order valence-electron chi connectivity index (χ1n) is 10.6. The fourth-order valence-electron chi connectivity index (χ4n) is 4.08. The molecular formula is C23H29ClN2O4. The van der Waals surface area contributed by atoms with E-state index >= 15 is 0 Å². The Kier molecular flexibility index (Phi) is 7.91. The van der Waals surface area contributed by atoms with Gasteiger partial charge in [0.15, 0.2) is 0 Å². The minimum absolute atomic E-state index is 0.0349. The number of carbonyl (C=O) groups excluding carboxylic acids is 3. The monoisotopic (exact) mass is 432 g/mol. The first-order valence-corrected chi connectivity index (χ1v) is 11.0.